The minimum atomic E-state index is -0.882. The number of benzene rings is 1. The van der Waals surface area contributed by atoms with E-state index in [4.69, 9.17) is 9.84 Å². The summed E-state index contributed by atoms with van der Waals surface area (Å²) in [5.41, 5.74) is 1.46. The van der Waals surface area contributed by atoms with Crippen LogP contribution in [-0.2, 0) is 4.79 Å². The van der Waals surface area contributed by atoms with E-state index in [1.54, 1.807) is 16.6 Å². The maximum Gasteiger partial charge on any atom is 0.313 e. The Morgan fingerprint density at radius 3 is 2.70 bits per heavy atom. The SMILES string of the molecule is CCOc1ccc(-c2nnc3ccc(SCC(=O)O)nn23)cc1. The van der Waals surface area contributed by atoms with Gasteiger partial charge in [-0.05, 0) is 43.3 Å². The fraction of sp³-hybridized carbons (Fsp3) is 0.200. The number of thioether (sulfide) groups is 1. The van der Waals surface area contributed by atoms with Gasteiger partial charge in [0, 0.05) is 5.56 Å². The second kappa shape index (κ2) is 6.66. The van der Waals surface area contributed by atoms with E-state index in [1.807, 2.05) is 31.2 Å². The molecule has 0 atom stereocenters. The maximum absolute atomic E-state index is 10.7. The monoisotopic (exact) mass is 330 g/mol. The van der Waals surface area contributed by atoms with Crippen molar-refractivity contribution in [2.24, 2.45) is 0 Å². The molecule has 0 unspecified atom stereocenters. The van der Waals surface area contributed by atoms with Gasteiger partial charge in [0.05, 0.1) is 12.4 Å². The third-order valence-electron chi connectivity index (χ3n) is 3.01. The van der Waals surface area contributed by atoms with Crippen LogP contribution < -0.4 is 4.74 Å². The molecule has 0 amide bonds. The Morgan fingerprint density at radius 2 is 2.00 bits per heavy atom. The molecular weight excluding hydrogens is 316 g/mol. The van der Waals surface area contributed by atoms with Crippen molar-refractivity contribution in [2.75, 3.05) is 12.4 Å². The molecular formula is C15H14N4O3S. The Kier molecular flexibility index (Phi) is 4.42. The highest BCUT2D eigenvalue weighted by Crippen LogP contribution is 2.22. The summed E-state index contributed by atoms with van der Waals surface area (Å²) in [7, 11) is 0. The number of hydrogen-bond acceptors (Lipinski definition) is 6. The molecule has 0 aliphatic heterocycles. The van der Waals surface area contributed by atoms with E-state index in [-0.39, 0.29) is 5.75 Å². The van der Waals surface area contributed by atoms with Gasteiger partial charge in [-0.3, -0.25) is 4.79 Å². The van der Waals surface area contributed by atoms with Gasteiger partial charge in [-0.1, -0.05) is 11.8 Å². The fourth-order valence-corrected chi connectivity index (χ4v) is 2.61. The highest BCUT2D eigenvalue weighted by Gasteiger charge is 2.11. The van der Waals surface area contributed by atoms with Crippen LogP contribution in [0.2, 0.25) is 0 Å². The number of ether oxygens (including phenoxy) is 1. The number of fused-ring (bicyclic) bond motifs is 1. The van der Waals surface area contributed by atoms with Crippen LogP contribution in [0.5, 0.6) is 5.75 Å². The van der Waals surface area contributed by atoms with Crippen LogP contribution in [0.15, 0.2) is 41.4 Å². The predicted octanol–water partition coefficient (Wildman–Crippen LogP) is 2.37. The van der Waals surface area contributed by atoms with Gasteiger partial charge < -0.3 is 9.84 Å². The van der Waals surface area contributed by atoms with Crippen LogP contribution in [0.3, 0.4) is 0 Å². The summed E-state index contributed by atoms with van der Waals surface area (Å²) in [5.74, 6) is 0.461. The number of carboxylic acid groups (broad SMARTS) is 1. The second-order valence-electron chi connectivity index (χ2n) is 4.60. The van der Waals surface area contributed by atoms with E-state index in [9.17, 15) is 4.79 Å². The summed E-state index contributed by atoms with van der Waals surface area (Å²) in [6.45, 7) is 2.54. The highest BCUT2D eigenvalue weighted by atomic mass is 32.2. The molecule has 0 radical (unpaired) electrons. The summed E-state index contributed by atoms with van der Waals surface area (Å²) in [6, 6.07) is 11.0. The molecule has 3 rings (SSSR count). The van der Waals surface area contributed by atoms with Crippen LogP contribution in [0.25, 0.3) is 17.0 Å². The minimum absolute atomic E-state index is 0.0426. The Hall–Kier alpha value is -2.61. The van der Waals surface area contributed by atoms with Crippen molar-refractivity contribution < 1.29 is 14.6 Å². The lowest BCUT2D eigenvalue weighted by molar-refractivity contribution is -0.133. The zero-order valence-corrected chi connectivity index (χ0v) is 13.2. The normalized spacial score (nSPS) is 10.8. The molecule has 8 heteroatoms. The van der Waals surface area contributed by atoms with E-state index in [1.165, 1.54) is 0 Å². The Morgan fingerprint density at radius 1 is 1.22 bits per heavy atom. The van der Waals surface area contributed by atoms with Crippen molar-refractivity contribution in [3.8, 4) is 17.1 Å². The number of rotatable bonds is 6. The van der Waals surface area contributed by atoms with E-state index in [0.29, 0.717) is 23.1 Å². The molecule has 0 aliphatic rings. The summed E-state index contributed by atoms with van der Waals surface area (Å²) in [5, 5.41) is 22.0. The summed E-state index contributed by atoms with van der Waals surface area (Å²) in [4.78, 5) is 10.7. The van der Waals surface area contributed by atoms with Crippen molar-refractivity contribution >= 4 is 23.4 Å². The van der Waals surface area contributed by atoms with Gasteiger partial charge in [-0.25, -0.2) is 0 Å². The number of hydrogen-bond donors (Lipinski definition) is 1. The lowest BCUT2D eigenvalue weighted by Crippen LogP contribution is -2.01. The quantitative estimate of drug-likeness (QED) is 0.694. The molecule has 3 aromatic rings. The van der Waals surface area contributed by atoms with E-state index < -0.39 is 5.97 Å². The van der Waals surface area contributed by atoms with E-state index in [2.05, 4.69) is 15.3 Å². The molecule has 0 spiro atoms. The molecule has 0 fully saturated rings. The smallest absolute Gasteiger partial charge is 0.313 e. The number of aliphatic carboxylic acids is 1. The van der Waals surface area contributed by atoms with Crippen molar-refractivity contribution in [2.45, 2.75) is 11.9 Å². The molecule has 0 aliphatic carbocycles. The fourth-order valence-electron chi connectivity index (χ4n) is 2.03. The topological polar surface area (TPSA) is 89.6 Å². The molecule has 0 saturated heterocycles. The predicted molar refractivity (Wildman–Crippen MR) is 85.7 cm³/mol. The molecule has 118 valence electrons. The first-order chi connectivity index (χ1) is 11.2. The molecule has 2 heterocycles. The standard InChI is InChI=1S/C15H14N4O3S/c1-2-22-11-5-3-10(4-6-11)15-17-16-12-7-8-13(18-19(12)15)23-9-14(20)21/h3-8H,2,9H2,1H3,(H,20,21). The molecule has 0 saturated carbocycles. The van der Waals surface area contributed by atoms with Crippen LogP contribution in [0.4, 0.5) is 0 Å². The Balaban J connectivity index is 1.93. The van der Waals surface area contributed by atoms with Gasteiger partial charge in [-0.15, -0.1) is 10.2 Å². The van der Waals surface area contributed by atoms with Gasteiger partial charge in [0.25, 0.3) is 0 Å². The molecule has 1 N–H and O–H groups in total. The third-order valence-corrected chi connectivity index (χ3v) is 3.91. The van der Waals surface area contributed by atoms with Gasteiger partial charge >= 0.3 is 5.97 Å². The van der Waals surface area contributed by atoms with Gasteiger partial charge in [-0.2, -0.15) is 9.61 Å². The summed E-state index contributed by atoms with van der Waals surface area (Å²) in [6.07, 6.45) is 0. The first kappa shape index (κ1) is 15.3. The van der Waals surface area contributed by atoms with Crippen molar-refractivity contribution in [3.05, 3.63) is 36.4 Å². The second-order valence-corrected chi connectivity index (χ2v) is 5.60. The number of nitrogens with zero attached hydrogens (tertiary/aromatic N) is 4. The largest absolute Gasteiger partial charge is 0.494 e. The maximum atomic E-state index is 10.7. The van der Waals surface area contributed by atoms with Crippen LogP contribution in [0.1, 0.15) is 6.92 Å². The van der Waals surface area contributed by atoms with Crippen molar-refractivity contribution in [1.29, 1.82) is 0 Å². The lowest BCUT2D eigenvalue weighted by atomic mass is 10.2. The van der Waals surface area contributed by atoms with Gasteiger partial charge in [0.15, 0.2) is 11.5 Å². The third kappa shape index (κ3) is 3.42. The van der Waals surface area contributed by atoms with Crippen LogP contribution >= 0.6 is 11.8 Å². The van der Waals surface area contributed by atoms with Crippen LogP contribution in [-0.4, -0.2) is 43.2 Å². The summed E-state index contributed by atoms with van der Waals surface area (Å²) >= 11 is 1.15. The first-order valence-corrected chi connectivity index (χ1v) is 7.96. The number of aromatic nitrogens is 4. The molecule has 7 nitrogen and oxygen atoms in total. The Bertz CT molecular complexity index is 832. The average molecular weight is 330 g/mol. The first-order valence-electron chi connectivity index (χ1n) is 6.97. The van der Waals surface area contributed by atoms with Crippen molar-refractivity contribution in [1.82, 2.24) is 19.8 Å². The molecule has 2 aromatic heterocycles. The zero-order chi connectivity index (χ0) is 16.2. The van der Waals surface area contributed by atoms with Gasteiger partial charge in [0.2, 0.25) is 0 Å². The van der Waals surface area contributed by atoms with Gasteiger partial charge in [0.1, 0.15) is 10.8 Å². The highest BCUT2D eigenvalue weighted by molar-refractivity contribution is 7.99. The summed E-state index contributed by atoms with van der Waals surface area (Å²) < 4.78 is 7.03. The molecule has 1 aromatic carbocycles. The van der Waals surface area contributed by atoms with Crippen LogP contribution in [0, 0.1) is 0 Å². The number of carbonyl (C=O) groups is 1. The van der Waals surface area contributed by atoms with Crippen molar-refractivity contribution in [3.63, 3.8) is 0 Å². The molecule has 0 bridgehead atoms. The van der Waals surface area contributed by atoms with E-state index >= 15 is 0 Å². The lowest BCUT2D eigenvalue weighted by Gasteiger charge is -2.04. The molecule has 23 heavy (non-hydrogen) atoms. The Labute approximate surface area is 136 Å². The average Bonchev–Trinajstić information content (AvgIpc) is 2.97. The number of carboxylic acids is 1. The van der Waals surface area contributed by atoms with E-state index in [0.717, 1.165) is 23.1 Å². The minimum Gasteiger partial charge on any atom is -0.494 e. The zero-order valence-electron chi connectivity index (χ0n) is 12.3.